The lowest BCUT2D eigenvalue weighted by Crippen LogP contribution is -2.40. The second-order valence-electron chi connectivity index (χ2n) is 4.91. The number of carbonyl (C=O) groups excluding carboxylic acids is 1. The fourth-order valence-electron chi connectivity index (χ4n) is 1.84. The van der Waals surface area contributed by atoms with E-state index < -0.39 is 0 Å². The molecule has 19 heavy (non-hydrogen) atoms. The Labute approximate surface area is 122 Å². The SMILES string of the molecule is CCCC(NC(=O)C(C)C(C)N)c1ccccc1.Cl. The lowest BCUT2D eigenvalue weighted by atomic mass is 9.99. The first-order valence-corrected chi connectivity index (χ1v) is 6.67. The Kier molecular flexibility index (Phi) is 8.44. The molecule has 1 rings (SSSR count). The maximum Gasteiger partial charge on any atom is 0.224 e. The zero-order valence-electron chi connectivity index (χ0n) is 11.9. The third-order valence-corrected chi connectivity index (χ3v) is 3.30. The van der Waals surface area contributed by atoms with Gasteiger partial charge in [0, 0.05) is 12.0 Å². The highest BCUT2D eigenvalue weighted by molar-refractivity contribution is 5.85. The van der Waals surface area contributed by atoms with Crippen molar-refractivity contribution >= 4 is 18.3 Å². The Hall–Kier alpha value is -1.06. The number of rotatable bonds is 6. The molecule has 0 saturated heterocycles. The van der Waals surface area contributed by atoms with Gasteiger partial charge in [-0.3, -0.25) is 4.79 Å². The molecule has 0 aromatic heterocycles. The monoisotopic (exact) mass is 284 g/mol. The summed E-state index contributed by atoms with van der Waals surface area (Å²) in [6.45, 7) is 5.85. The normalized spacial score (nSPS) is 14.9. The number of benzene rings is 1. The topological polar surface area (TPSA) is 55.1 Å². The Morgan fingerprint density at radius 2 is 1.84 bits per heavy atom. The number of hydrogen-bond acceptors (Lipinski definition) is 2. The van der Waals surface area contributed by atoms with Crippen LogP contribution in [0.2, 0.25) is 0 Å². The maximum atomic E-state index is 12.1. The number of amides is 1. The van der Waals surface area contributed by atoms with E-state index in [0.29, 0.717) is 0 Å². The van der Waals surface area contributed by atoms with Crippen LogP contribution in [-0.4, -0.2) is 11.9 Å². The van der Waals surface area contributed by atoms with Gasteiger partial charge in [0.15, 0.2) is 0 Å². The maximum absolute atomic E-state index is 12.1. The molecule has 108 valence electrons. The molecule has 3 atom stereocenters. The van der Waals surface area contributed by atoms with Gasteiger partial charge < -0.3 is 11.1 Å². The van der Waals surface area contributed by atoms with Gasteiger partial charge in [0.2, 0.25) is 5.91 Å². The van der Waals surface area contributed by atoms with Crippen molar-refractivity contribution in [3.8, 4) is 0 Å². The van der Waals surface area contributed by atoms with Crippen LogP contribution in [0, 0.1) is 5.92 Å². The predicted octanol–water partition coefficient (Wildman–Crippen LogP) is 3.05. The highest BCUT2D eigenvalue weighted by atomic mass is 35.5. The molecule has 0 radical (unpaired) electrons. The molecule has 4 heteroatoms. The van der Waals surface area contributed by atoms with Gasteiger partial charge in [0.25, 0.3) is 0 Å². The Bertz CT molecular complexity index is 368. The molecule has 0 aliphatic rings. The van der Waals surface area contributed by atoms with E-state index >= 15 is 0 Å². The number of hydrogen-bond donors (Lipinski definition) is 2. The van der Waals surface area contributed by atoms with E-state index in [-0.39, 0.29) is 36.3 Å². The van der Waals surface area contributed by atoms with Crippen LogP contribution in [0.1, 0.15) is 45.2 Å². The largest absolute Gasteiger partial charge is 0.349 e. The number of carbonyl (C=O) groups is 1. The summed E-state index contributed by atoms with van der Waals surface area (Å²) in [5, 5.41) is 3.10. The molecule has 0 heterocycles. The van der Waals surface area contributed by atoms with Gasteiger partial charge in [0.1, 0.15) is 0 Å². The third kappa shape index (κ3) is 5.62. The standard InChI is InChI=1S/C15H24N2O.ClH/c1-4-8-14(13-9-6-5-7-10-13)17-15(18)11(2)12(3)16;/h5-7,9-12,14H,4,8,16H2,1-3H3,(H,17,18);1H. The van der Waals surface area contributed by atoms with Gasteiger partial charge in [-0.05, 0) is 18.9 Å². The molecule has 3 nitrogen and oxygen atoms in total. The molecule has 0 fully saturated rings. The van der Waals surface area contributed by atoms with E-state index in [0.717, 1.165) is 18.4 Å². The van der Waals surface area contributed by atoms with Crippen LogP contribution in [0.3, 0.4) is 0 Å². The van der Waals surface area contributed by atoms with Gasteiger partial charge in [0.05, 0.1) is 6.04 Å². The Morgan fingerprint density at radius 1 is 1.26 bits per heavy atom. The van der Waals surface area contributed by atoms with E-state index in [1.165, 1.54) is 0 Å². The second-order valence-corrected chi connectivity index (χ2v) is 4.91. The molecule has 0 spiro atoms. The summed E-state index contributed by atoms with van der Waals surface area (Å²) in [5.74, 6) is -0.125. The van der Waals surface area contributed by atoms with Crippen LogP contribution in [0.15, 0.2) is 30.3 Å². The van der Waals surface area contributed by atoms with E-state index in [1.807, 2.05) is 32.0 Å². The zero-order valence-corrected chi connectivity index (χ0v) is 12.7. The van der Waals surface area contributed by atoms with Crippen molar-refractivity contribution in [2.24, 2.45) is 11.7 Å². The van der Waals surface area contributed by atoms with Crippen LogP contribution < -0.4 is 11.1 Å². The van der Waals surface area contributed by atoms with Crippen molar-refractivity contribution in [2.45, 2.75) is 45.7 Å². The molecule has 0 saturated carbocycles. The van der Waals surface area contributed by atoms with Crippen molar-refractivity contribution < 1.29 is 4.79 Å². The van der Waals surface area contributed by atoms with Gasteiger partial charge in [-0.15, -0.1) is 12.4 Å². The molecule has 1 amide bonds. The Morgan fingerprint density at radius 3 is 2.32 bits per heavy atom. The van der Waals surface area contributed by atoms with Crippen LogP contribution >= 0.6 is 12.4 Å². The first-order valence-electron chi connectivity index (χ1n) is 6.67. The lowest BCUT2D eigenvalue weighted by molar-refractivity contribution is -0.125. The molecule has 3 unspecified atom stereocenters. The predicted molar refractivity (Wildman–Crippen MR) is 82.3 cm³/mol. The van der Waals surface area contributed by atoms with Gasteiger partial charge in [-0.1, -0.05) is 50.6 Å². The molecule has 1 aromatic rings. The van der Waals surface area contributed by atoms with Crippen molar-refractivity contribution in [1.29, 1.82) is 0 Å². The summed E-state index contributed by atoms with van der Waals surface area (Å²) in [7, 11) is 0. The Balaban J connectivity index is 0.00000324. The molecule has 0 bridgehead atoms. The molecule has 3 N–H and O–H groups in total. The van der Waals surface area contributed by atoms with Crippen LogP contribution in [0.4, 0.5) is 0 Å². The minimum absolute atomic E-state index is 0. The van der Waals surface area contributed by atoms with Crippen LogP contribution in [0.5, 0.6) is 0 Å². The summed E-state index contributed by atoms with van der Waals surface area (Å²) in [6.07, 6.45) is 1.98. The number of nitrogens with one attached hydrogen (secondary N) is 1. The summed E-state index contributed by atoms with van der Waals surface area (Å²) in [4.78, 5) is 12.1. The van der Waals surface area contributed by atoms with E-state index in [4.69, 9.17) is 5.73 Å². The second kappa shape index (κ2) is 8.94. The molecule has 1 aromatic carbocycles. The average molecular weight is 285 g/mol. The van der Waals surface area contributed by atoms with Crippen molar-refractivity contribution in [3.05, 3.63) is 35.9 Å². The third-order valence-electron chi connectivity index (χ3n) is 3.30. The van der Waals surface area contributed by atoms with Gasteiger partial charge >= 0.3 is 0 Å². The van der Waals surface area contributed by atoms with Crippen molar-refractivity contribution in [2.75, 3.05) is 0 Å². The molecular weight excluding hydrogens is 260 g/mol. The highest BCUT2D eigenvalue weighted by Crippen LogP contribution is 2.18. The van der Waals surface area contributed by atoms with E-state index in [1.54, 1.807) is 0 Å². The zero-order chi connectivity index (χ0) is 13.5. The fourth-order valence-corrected chi connectivity index (χ4v) is 1.84. The summed E-state index contributed by atoms with van der Waals surface area (Å²) in [6, 6.07) is 10.1. The minimum atomic E-state index is -0.159. The van der Waals surface area contributed by atoms with Crippen molar-refractivity contribution in [3.63, 3.8) is 0 Å². The minimum Gasteiger partial charge on any atom is -0.349 e. The fraction of sp³-hybridized carbons (Fsp3) is 0.533. The highest BCUT2D eigenvalue weighted by Gasteiger charge is 2.20. The summed E-state index contributed by atoms with van der Waals surface area (Å²) < 4.78 is 0. The average Bonchev–Trinajstić information content (AvgIpc) is 2.38. The first-order chi connectivity index (χ1) is 8.56. The first kappa shape index (κ1) is 17.9. The summed E-state index contributed by atoms with van der Waals surface area (Å²) in [5.41, 5.74) is 6.92. The van der Waals surface area contributed by atoms with Crippen LogP contribution in [-0.2, 0) is 4.79 Å². The van der Waals surface area contributed by atoms with E-state index in [9.17, 15) is 4.79 Å². The number of nitrogens with two attached hydrogens (primary N) is 1. The molecule has 0 aliphatic carbocycles. The summed E-state index contributed by atoms with van der Waals surface area (Å²) >= 11 is 0. The lowest BCUT2D eigenvalue weighted by Gasteiger charge is -2.22. The van der Waals surface area contributed by atoms with Crippen LogP contribution in [0.25, 0.3) is 0 Å². The molecule has 0 aliphatic heterocycles. The van der Waals surface area contributed by atoms with Gasteiger partial charge in [-0.25, -0.2) is 0 Å². The smallest absolute Gasteiger partial charge is 0.224 e. The van der Waals surface area contributed by atoms with E-state index in [2.05, 4.69) is 24.4 Å². The van der Waals surface area contributed by atoms with Gasteiger partial charge in [-0.2, -0.15) is 0 Å². The van der Waals surface area contributed by atoms with Crippen molar-refractivity contribution in [1.82, 2.24) is 5.32 Å². The number of halogens is 1. The quantitative estimate of drug-likeness (QED) is 0.843. The molecular formula is C15H25ClN2O.